The maximum Gasteiger partial charge on any atom is 0.236 e. The molecule has 0 aliphatic heterocycles. The molecule has 0 rings (SSSR count). The second kappa shape index (κ2) is 22.8. The summed E-state index contributed by atoms with van der Waals surface area (Å²) < 4.78 is 11.1. The van der Waals surface area contributed by atoms with Crippen molar-refractivity contribution >= 4 is 23.7 Å². The van der Waals surface area contributed by atoms with Crippen molar-refractivity contribution in [2.45, 2.75) is 63.5 Å². The fourth-order valence-corrected chi connectivity index (χ4v) is 2.95. The molecule has 14 N–H and O–H groups in total. The van der Waals surface area contributed by atoms with E-state index in [1.165, 1.54) is 0 Å². The topological polar surface area (TPSA) is 258 Å². The summed E-state index contributed by atoms with van der Waals surface area (Å²) >= 11 is 0. The van der Waals surface area contributed by atoms with Gasteiger partial charge in [-0.05, 0) is 51.4 Å². The fourth-order valence-electron chi connectivity index (χ4n) is 2.95. The van der Waals surface area contributed by atoms with Gasteiger partial charge in [-0.1, -0.05) is 0 Å². The minimum atomic E-state index is -0.568. The molecule has 0 saturated carbocycles. The Hall–Kier alpha value is -2.68. The molecule has 0 bridgehead atoms. The minimum Gasteiger partial charge on any atom is -0.381 e. The molecule has 0 heterocycles. The van der Waals surface area contributed by atoms with Crippen LogP contribution in [0.4, 0.5) is 0 Å². The van der Waals surface area contributed by atoms with Gasteiger partial charge in [0.1, 0.15) is 0 Å². The molecule has 0 saturated heterocycles. The molecule has 210 valence electrons. The van der Waals surface area contributed by atoms with E-state index in [4.69, 9.17) is 43.9 Å². The normalized spacial score (nSPS) is 12.4. The Kier molecular flexibility index (Phi) is 21.1. The summed E-state index contributed by atoms with van der Waals surface area (Å²) in [7, 11) is 0. The first kappa shape index (κ1) is 33.3. The molecular formula is C22H48N10O4. The van der Waals surface area contributed by atoms with Crippen LogP contribution in [0.25, 0.3) is 0 Å². The number of hydrogen-bond donors (Lipinski definition) is 8. The van der Waals surface area contributed by atoms with E-state index in [9.17, 15) is 9.59 Å². The predicted octanol–water partition coefficient (Wildman–Crippen LogP) is -2.43. The highest BCUT2D eigenvalue weighted by Gasteiger charge is 2.12. The van der Waals surface area contributed by atoms with Crippen LogP contribution < -0.4 is 45.0 Å². The molecule has 0 aromatic carbocycles. The van der Waals surface area contributed by atoms with Gasteiger partial charge in [-0.25, -0.2) is 0 Å². The number of aliphatic imine (C=N–C) groups is 2. The van der Waals surface area contributed by atoms with Crippen LogP contribution in [-0.4, -0.2) is 88.4 Å². The number of unbranched alkanes of at least 4 members (excludes halogenated alkanes) is 1. The monoisotopic (exact) mass is 516 g/mol. The largest absolute Gasteiger partial charge is 0.381 e. The fraction of sp³-hybridized carbons (Fsp3) is 0.818. The average molecular weight is 517 g/mol. The summed E-state index contributed by atoms with van der Waals surface area (Å²) in [4.78, 5) is 31.5. The third-order valence-corrected chi connectivity index (χ3v) is 4.97. The zero-order valence-corrected chi connectivity index (χ0v) is 21.5. The van der Waals surface area contributed by atoms with Crippen molar-refractivity contribution in [2.24, 2.45) is 44.4 Å². The first-order chi connectivity index (χ1) is 17.2. The van der Waals surface area contributed by atoms with Gasteiger partial charge >= 0.3 is 0 Å². The Morgan fingerprint density at radius 1 is 0.611 bits per heavy atom. The van der Waals surface area contributed by atoms with Crippen LogP contribution in [-0.2, 0) is 19.1 Å². The molecule has 2 amide bonds. The van der Waals surface area contributed by atoms with Gasteiger partial charge in [0.05, 0.1) is 12.1 Å². The Labute approximate surface area is 214 Å². The van der Waals surface area contributed by atoms with Gasteiger partial charge in [-0.3, -0.25) is 19.6 Å². The number of nitrogens with one attached hydrogen (secondary N) is 2. The maximum absolute atomic E-state index is 11.9. The van der Waals surface area contributed by atoms with Crippen LogP contribution in [0.3, 0.4) is 0 Å². The van der Waals surface area contributed by atoms with Crippen LogP contribution in [0.5, 0.6) is 0 Å². The van der Waals surface area contributed by atoms with Gasteiger partial charge in [0.15, 0.2) is 11.9 Å². The zero-order valence-electron chi connectivity index (χ0n) is 21.5. The van der Waals surface area contributed by atoms with E-state index >= 15 is 0 Å². The SMILES string of the molecule is NC(N)=NCCC[C@H](N)C(=O)NCCCOCCCCOCCCNC(=O)[C@@H](N)CCCN=C(N)N. The summed E-state index contributed by atoms with van der Waals surface area (Å²) in [5.74, 6) is -0.291. The summed E-state index contributed by atoms with van der Waals surface area (Å²) in [6.45, 7) is 4.36. The van der Waals surface area contributed by atoms with Crippen molar-refractivity contribution in [3.63, 3.8) is 0 Å². The standard InChI is InChI=1S/C22H48N10O4/c23-17(7-3-9-31-21(25)26)19(33)29-11-5-15-35-13-1-2-14-36-16-6-12-30-20(34)18(24)8-4-10-32-22(27)28/h17-18H,1-16,23-24H2,(H,29,33)(H,30,34)(H4,25,26,31)(H4,27,28,32)/t17-,18-/m0/s1. The van der Waals surface area contributed by atoms with Crippen LogP contribution in [0.2, 0.25) is 0 Å². The van der Waals surface area contributed by atoms with Crippen molar-refractivity contribution in [3.05, 3.63) is 0 Å². The molecule has 0 unspecified atom stereocenters. The van der Waals surface area contributed by atoms with Gasteiger partial charge in [-0.15, -0.1) is 0 Å². The molecule has 14 nitrogen and oxygen atoms in total. The number of carbonyl (C=O) groups is 2. The van der Waals surface area contributed by atoms with Crippen molar-refractivity contribution in [3.8, 4) is 0 Å². The minimum absolute atomic E-state index is 0.0362. The molecule has 0 fully saturated rings. The van der Waals surface area contributed by atoms with Crippen LogP contribution in [0, 0.1) is 0 Å². The third-order valence-electron chi connectivity index (χ3n) is 4.97. The van der Waals surface area contributed by atoms with Crippen molar-refractivity contribution < 1.29 is 19.1 Å². The number of nitrogens with two attached hydrogens (primary N) is 6. The smallest absolute Gasteiger partial charge is 0.236 e. The zero-order chi connectivity index (χ0) is 27.0. The number of carbonyl (C=O) groups excluding carboxylic acids is 2. The van der Waals surface area contributed by atoms with Gasteiger partial charge in [0.25, 0.3) is 0 Å². The predicted molar refractivity (Wildman–Crippen MR) is 142 cm³/mol. The Bertz CT molecular complexity index is 586. The van der Waals surface area contributed by atoms with E-state index in [-0.39, 0.29) is 23.7 Å². The van der Waals surface area contributed by atoms with Crippen molar-refractivity contribution in [1.29, 1.82) is 0 Å². The van der Waals surface area contributed by atoms with E-state index in [0.29, 0.717) is 91.1 Å². The van der Waals surface area contributed by atoms with Crippen LogP contribution in [0.15, 0.2) is 9.98 Å². The first-order valence-electron chi connectivity index (χ1n) is 12.6. The number of amides is 2. The quantitative estimate of drug-likeness (QED) is 0.0404. The molecule has 0 aliphatic carbocycles. The van der Waals surface area contributed by atoms with Gasteiger partial charge in [0, 0.05) is 52.6 Å². The molecule has 14 heteroatoms. The summed E-state index contributed by atoms with van der Waals surface area (Å²) in [6.07, 6.45) is 5.54. The van der Waals surface area contributed by atoms with E-state index in [0.717, 1.165) is 12.8 Å². The lowest BCUT2D eigenvalue weighted by molar-refractivity contribution is -0.123. The molecule has 0 spiro atoms. The Morgan fingerprint density at radius 2 is 0.972 bits per heavy atom. The molecule has 0 radical (unpaired) electrons. The lowest BCUT2D eigenvalue weighted by Gasteiger charge is -2.12. The lowest BCUT2D eigenvalue weighted by Crippen LogP contribution is -2.41. The summed E-state index contributed by atoms with van der Waals surface area (Å²) in [5.41, 5.74) is 32.6. The highest BCUT2D eigenvalue weighted by molar-refractivity contribution is 5.81. The van der Waals surface area contributed by atoms with E-state index < -0.39 is 12.1 Å². The van der Waals surface area contributed by atoms with Crippen LogP contribution >= 0.6 is 0 Å². The molecule has 36 heavy (non-hydrogen) atoms. The average Bonchev–Trinajstić information content (AvgIpc) is 2.83. The summed E-state index contributed by atoms with van der Waals surface area (Å²) in [6, 6.07) is -1.14. The Balaban J connectivity index is 3.44. The van der Waals surface area contributed by atoms with E-state index in [1.54, 1.807) is 0 Å². The lowest BCUT2D eigenvalue weighted by atomic mass is 10.1. The molecule has 0 aliphatic rings. The number of rotatable bonds is 23. The van der Waals surface area contributed by atoms with Crippen LogP contribution in [0.1, 0.15) is 51.4 Å². The second-order valence-corrected chi connectivity index (χ2v) is 8.33. The number of nitrogens with zero attached hydrogens (tertiary/aromatic N) is 2. The van der Waals surface area contributed by atoms with Gasteiger partial charge < -0.3 is 54.5 Å². The molecule has 0 aromatic heterocycles. The van der Waals surface area contributed by atoms with E-state index in [1.807, 2.05) is 0 Å². The van der Waals surface area contributed by atoms with Gasteiger partial charge in [-0.2, -0.15) is 0 Å². The molecular weight excluding hydrogens is 468 g/mol. The first-order valence-corrected chi connectivity index (χ1v) is 12.6. The number of ether oxygens (including phenoxy) is 2. The molecule has 0 aromatic rings. The second-order valence-electron chi connectivity index (χ2n) is 8.33. The summed E-state index contributed by atoms with van der Waals surface area (Å²) in [5, 5.41) is 5.60. The van der Waals surface area contributed by atoms with Crippen molar-refractivity contribution in [1.82, 2.24) is 10.6 Å². The highest BCUT2D eigenvalue weighted by Crippen LogP contribution is 1.97. The number of guanidine groups is 2. The maximum atomic E-state index is 11.9. The Morgan fingerprint density at radius 3 is 1.33 bits per heavy atom. The number of hydrogen-bond acceptors (Lipinski definition) is 8. The highest BCUT2D eigenvalue weighted by atomic mass is 16.5. The van der Waals surface area contributed by atoms with Crippen molar-refractivity contribution in [2.75, 3.05) is 52.6 Å². The molecule has 2 atom stereocenters. The van der Waals surface area contributed by atoms with Gasteiger partial charge in [0.2, 0.25) is 11.8 Å². The van der Waals surface area contributed by atoms with E-state index in [2.05, 4.69) is 20.6 Å². The third kappa shape index (κ3) is 21.8.